The molecule has 0 bridgehead atoms. The van der Waals surface area contributed by atoms with Crippen molar-refractivity contribution in [3.05, 3.63) is 55.7 Å². The third-order valence-electron chi connectivity index (χ3n) is 4.41. The van der Waals surface area contributed by atoms with Crippen LogP contribution in [0, 0.1) is 4.77 Å². The fourth-order valence-corrected chi connectivity index (χ4v) is 3.49. The maximum atomic E-state index is 12.7. The van der Waals surface area contributed by atoms with Crippen molar-refractivity contribution in [3.63, 3.8) is 0 Å². The van der Waals surface area contributed by atoms with Crippen LogP contribution in [0.4, 0.5) is 5.82 Å². The predicted molar refractivity (Wildman–Crippen MR) is 95.0 cm³/mol. The number of nitrogens with one attached hydrogen (secondary N) is 3. The molecule has 26 heavy (non-hydrogen) atoms. The summed E-state index contributed by atoms with van der Waals surface area (Å²) in [5.74, 6) is 0.454. The Morgan fingerprint density at radius 1 is 1.27 bits per heavy atom. The minimum atomic E-state index is -0.649. The van der Waals surface area contributed by atoms with Crippen molar-refractivity contribution in [3.8, 4) is 11.5 Å². The highest BCUT2D eigenvalue weighted by molar-refractivity contribution is 7.71. The van der Waals surface area contributed by atoms with E-state index in [0.29, 0.717) is 39.7 Å². The van der Waals surface area contributed by atoms with E-state index in [1.165, 1.54) is 7.11 Å². The highest BCUT2D eigenvalue weighted by Crippen LogP contribution is 2.42. The predicted octanol–water partition coefficient (Wildman–Crippen LogP) is 2.17. The van der Waals surface area contributed by atoms with Gasteiger partial charge in [-0.1, -0.05) is 6.07 Å². The molecule has 1 atom stereocenters. The number of anilines is 1. The number of carbonyl (C=O) groups excluding carboxylic acids is 1. The summed E-state index contributed by atoms with van der Waals surface area (Å²) in [5, 5.41) is 3.04. The average Bonchev–Trinajstić information content (AvgIpc) is 3.07. The monoisotopic (exact) mass is 373 g/mol. The number of allylic oxidation sites excluding steroid dienone is 1. The standard InChI is InChI=1S/C17H15N3O5S/c1-7-11(16(22)23-2)12(8-3-4-9-10(5-8)25-6-24-9)13-14(18-7)19-17(26)20-15(13)21/h3-5,12H,6H2,1-2H3,(H3,18,19,20,21,26). The number of esters is 1. The van der Waals surface area contributed by atoms with Crippen LogP contribution in [0.2, 0.25) is 0 Å². The van der Waals surface area contributed by atoms with E-state index in [1.807, 2.05) is 0 Å². The van der Waals surface area contributed by atoms with Gasteiger partial charge in [0.05, 0.1) is 24.2 Å². The van der Waals surface area contributed by atoms with Gasteiger partial charge in [-0.2, -0.15) is 0 Å². The molecule has 0 amide bonds. The van der Waals surface area contributed by atoms with E-state index in [1.54, 1.807) is 25.1 Å². The molecule has 0 fully saturated rings. The number of methoxy groups -OCH3 is 1. The smallest absolute Gasteiger partial charge is 0.336 e. The Morgan fingerprint density at radius 3 is 2.81 bits per heavy atom. The van der Waals surface area contributed by atoms with Crippen LogP contribution in [-0.4, -0.2) is 29.8 Å². The number of hydrogen-bond acceptors (Lipinski definition) is 7. The van der Waals surface area contributed by atoms with Crippen LogP contribution in [-0.2, 0) is 9.53 Å². The third kappa shape index (κ3) is 2.48. The summed E-state index contributed by atoms with van der Waals surface area (Å²) in [7, 11) is 1.30. The third-order valence-corrected chi connectivity index (χ3v) is 4.61. The lowest BCUT2D eigenvalue weighted by Gasteiger charge is -2.28. The summed E-state index contributed by atoms with van der Waals surface area (Å²) in [5.41, 5.74) is 1.59. The Morgan fingerprint density at radius 2 is 2.04 bits per heavy atom. The second-order valence-electron chi connectivity index (χ2n) is 5.90. The highest BCUT2D eigenvalue weighted by Gasteiger charge is 2.36. The second kappa shape index (κ2) is 6.03. The lowest BCUT2D eigenvalue weighted by Crippen LogP contribution is -2.30. The summed E-state index contributed by atoms with van der Waals surface area (Å²) in [6.07, 6.45) is 0. The molecule has 0 saturated heterocycles. The summed E-state index contributed by atoms with van der Waals surface area (Å²) in [4.78, 5) is 30.6. The molecule has 2 aliphatic rings. The van der Waals surface area contributed by atoms with Gasteiger partial charge in [-0.15, -0.1) is 0 Å². The number of fused-ring (bicyclic) bond motifs is 2. The van der Waals surface area contributed by atoms with Gasteiger partial charge < -0.3 is 24.5 Å². The Hall–Kier alpha value is -3.07. The second-order valence-corrected chi connectivity index (χ2v) is 6.31. The number of aromatic nitrogens is 2. The fourth-order valence-electron chi connectivity index (χ4n) is 3.29. The molecular weight excluding hydrogens is 358 g/mol. The maximum Gasteiger partial charge on any atom is 0.336 e. The Kier molecular flexibility index (Phi) is 3.80. The Labute approximate surface area is 152 Å². The first-order valence-corrected chi connectivity index (χ1v) is 8.22. The van der Waals surface area contributed by atoms with Crippen LogP contribution in [0.25, 0.3) is 0 Å². The molecule has 8 nitrogen and oxygen atoms in total. The van der Waals surface area contributed by atoms with Gasteiger partial charge in [0.25, 0.3) is 5.56 Å². The number of ether oxygens (including phenoxy) is 3. The van der Waals surface area contributed by atoms with Crippen LogP contribution in [0.15, 0.2) is 34.3 Å². The number of benzene rings is 1. The molecule has 1 aromatic carbocycles. The van der Waals surface area contributed by atoms with Crippen molar-refractivity contribution >= 4 is 24.0 Å². The molecule has 3 heterocycles. The van der Waals surface area contributed by atoms with Gasteiger partial charge in [0, 0.05) is 5.70 Å². The van der Waals surface area contributed by atoms with Gasteiger partial charge >= 0.3 is 5.97 Å². The summed E-state index contributed by atoms with van der Waals surface area (Å²) >= 11 is 5.05. The van der Waals surface area contributed by atoms with Gasteiger partial charge in [-0.3, -0.25) is 9.78 Å². The van der Waals surface area contributed by atoms with Crippen LogP contribution < -0.4 is 20.3 Å². The quantitative estimate of drug-likeness (QED) is 0.547. The van der Waals surface area contributed by atoms with Gasteiger partial charge in [0.15, 0.2) is 16.3 Å². The molecule has 1 unspecified atom stereocenters. The number of rotatable bonds is 2. The molecule has 2 aromatic rings. The van der Waals surface area contributed by atoms with Gasteiger partial charge in [-0.25, -0.2) is 4.79 Å². The van der Waals surface area contributed by atoms with E-state index in [-0.39, 0.29) is 17.1 Å². The zero-order valence-corrected chi connectivity index (χ0v) is 14.8. The molecule has 0 aliphatic carbocycles. The van der Waals surface area contributed by atoms with Crippen LogP contribution >= 0.6 is 12.2 Å². The first-order valence-electron chi connectivity index (χ1n) is 7.81. The zero-order chi connectivity index (χ0) is 18.4. The molecule has 9 heteroatoms. The van der Waals surface area contributed by atoms with Crippen LogP contribution in [0.5, 0.6) is 11.5 Å². The van der Waals surface area contributed by atoms with Gasteiger partial charge in [0.2, 0.25) is 6.79 Å². The van der Waals surface area contributed by atoms with Crippen molar-refractivity contribution in [1.29, 1.82) is 0 Å². The first-order chi connectivity index (χ1) is 12.5. The summed E-state index contributed by atoms with van der Waals surface area (Å²) < 4.78 is 15.9. The molecule has 2 aliphatic heterocycles. The minimum Gasteiger partial charge on any atom is -0.466 e. The lowest BCUT2D eigenvalue weighted by atomic mass is 9.82. The topological polar surface area (TPSA) is 105 Å². The normalized spacial score (nSPS) is 17.5. The molecule has 0 radical (unpaired) electrons. The van der Waals surface area contributed by atoms with E-state index < -0.39 is 11.9 Å². The molecule has 134 valence electrons. The number of aromatic amines is 2. The van der Waals surface area contributed by atoms with Crippen molar-refractivity contribution < 1.29 is 19.0 Å². The molecule has 0 spiro atoms. The van der Waals surface area contributed by atoms with E-state index in [0.717, 1.165) is 0 Å². The van der Waals surface area contributed by atoms with Gasteiger partial charge in [-0.05, 0) is 36.8 Å². The van der Waals surface area contributed by atoms with Crippen molar-refractivity contribution in [2.75, 3.05) is 19.2 Å². The molecule has 0 saturated carbocycles. The van der Waals surface area contributed by atoms with Crippen molar-refractivity contribution in [1.82, 2.24) is 9.97 Å². The molecular formula is C17H15N3O5S. The number of carbonyl (C=O) groups is 1. The van der Waals surface area contributed by atoms with Crippen molar-refractivity contribution in [2.45, 2.75) is 12.8 Å². The average molecular weight is 373 g/mol. The molecule has 1 aromatic heterocycles. The maximum absolute atomic E-state index is 12.7. The Bertz CT molecular complexity index is 1070. The van der Waals surface area contributed by atoms with Gasteiger partial charge in [0.1, 0.15) is 5.82 Å². The summed E-state index contributed by atoms with van der Waals surface area (Å²) in [6.45, 7) is 1.88. The number of hydrogen-bond donors (Lipinski definition) is 3. The van der Waals surface area contributed by atoms with E-state index in [4.69, 9.17) is 26.4 Å². The molecule has 4 rings (SSSR count). The SMILES string of the molecule is COC(=O)C1=C(C)Nc2[nH]c(=S)[nH]c(=O)c2C1c1ccc2c(c1)OCO2. The Balaban J connectivity index is 1.98. The number of H-pyrrole nitrogens is 2. The van der Waals surface area contributed by atoms with Crippen LogP contribution in [0.3, 0.4) is 0 Å². The summed E-state index contributed by atoms with van der Waals surface area (Å²) in [6, 6.07) is 5.31. The van der Waals surface area contributed by atoms with E-state index in [9.17, 15) is 9.59 Å². The highest BCUT2D eigenvalue weighted by atomic mass is 32.1. The fraction of sp³-hybridized carbons (Fsp3) is 0.235. The van der Waals surface area contributed by atoms with E-state index >= 15 is 0 Å². The first kappa shape index (κ1) is 16.4. The largest absolute Gasteiger partial charge is 0.466 e. The van der Waals surface area contributed by atoms with Crippen LogP contribution in [0.1, 0.15) is 24.0 Å². The molecule has 3 N–H and O–H groups in total. The zero-order valence-electron chi connectivity index (χ0n) is 14.0. The van der Waals surface area contributed by atoms with E-state index in [2.05, 4.69) is 15.3 Å². The van der Waals surface area contributed by atoms with Crippen molar-refractivity contribution in [2.24, 2.45) is 0 Å². The lowest BCUT2D eigenvalue weighted by molar-refractivity contribution is -0.136. The minimum absolute atomic E-state index is 0.133.